The molecule has 0 saturated carbocycles. The number of piperidine rings is 1. The molecular formula is C22H30N2O4. The summed E-state index contributed by atoms with van der Waals surface area (Å²) in [6.45, 7) is 8.52. The lowest BCUT2D eigenvalue weighted by molar-refractivity contribution is -0.125. The zero-order chi connectivity index (χ0) is 20.5. The summed E-state index contributed by atoms with van der Waals surface area (Å²) in [7, 11) is 0. The summed E-state index contributed by atoms with van der Waals surface area (Å²) in [5.41, 5.74) is 1.34. The van der Waals surface area contributed by atoms with Crippen LogP contribution < -0.4 is 4.90 Å². The molecule has 152 valence electrons. The van der Waals surface area contributed by atoms with E-state index in [1.807, 2.05) is 56.9 Å². The first-order chi connectivity index (χ1) is 13.2. The van der Waals surface area contributed by atoms with E-state index in [2.05, 4.69) is 0 Å². The van der Waals surface area contributed by atoms with E-state index in [1.165, 1.54) is 0 Å². The highest BCUT2D eigenvalue weighted by molar-refractivity contribution is 6.07. The maximum Gasteiger partial charge on any atom is 0.410 e. The zero-order valence-corrected chi connectivity index (χ0v) is 17.2. The highest BCUT2D eigenvalue weighted by Gasteiger charge is 2.42. The third kappa shape index (κ3) is 4.21. The fourth-order valence-corrected chi connectivity index (χ4v) is 4.00. The molecule has 2 aliphatic heterocycles. The van der Waals surface area contributed by atoms with Crippen LogP contribution in [0.2, 0.25) is 0 Å². The van der Waals surface area contributed by atoms with Gasteiger partial charge in [-0.2, -0.15) is 0 Å². The monoisotopic (exact) mass is 386 g/mol. The number of para-hydroxylation sites is 1. The summed E-state index contributed by atoms with van der Waals surface area (Å²) < 4.78 is 5.46. The predicted molar refractivity (Wildman–Crippen MR) is 107 cm³/mol. The lowest BCUT2D eigenvalue weighted by atomic mass is 9.94. The molecule has 1 unspecified atom stereocenters. The van der Waals surface area contributed by atoms with Crippen molar-refractivity contribution in [3.05, 3.63) is 29.8 Å². The van der Waals surface area contributed by atoms with Crippen molar-refractivity contribution < 1.29 is 19.1 Å². The first-order valence-electron chi connectivity index (χ1n) is 10.1. The van der Waals surface area contributed by atoms with Crippen molar-refractivity contribution in [2.24, 2.45) is 0 Å². The molecule has 0 radical (unpaired) electrons. The van der Waals surface area contributed by atoms with Crippen LogP contribution in [0.15, 0.2) is 24.3 Å². The van der Waals surface area contributed by atoms with Crippen molar-refractivity contribution in [1.82, 2.24) is 4.90 Å². The van der Waals surface area contributed by atoms with Gasteiger partial charge >= 0.3 is 6.09 Å². The normalized spacial score (nSPS) is 20.3. The molecule has 28 heavy (non-hydrogen) atoms. The van der Waals surface area contributed by atoms with Crippen molar-refractivity contribution in [2.45, 2.75) is 70.9 Å². The Labute approximate surface area is 166 Å². The van der Waals surface area contributed by atoms with Gasteiger partial charge in [-0.15, -0.1) is 0 Å². The molecule has 2 heterocycles. The van der Waals surface area contributed by atoms with E-state index in [4.69, 9.17) is 4.74 Å². The number of carbonyl (C=O) groups excluding carboxylic acids is 3. The highest BCUT2D eigenvalue weighted by atomic mass is 16.6. The summed E-state index contributed by atoms with van der Waals surface area (Å²) in [6, 6.07) is 7.80. The van der Waals surface area contributed by atoms with E-state index in [1.54, 1.807) is 4.90 Å². The van der Waals surface area contributed by atoms with Crippen LogP contribution in [0.25, 0.3) is 0 Å². The molecule has 1 fully saturated rings. The van der Waals surface area contributed by atoms with Crippen LogP contribution in [-0.4, -0.2) is 47.4 Å². The largest absolute Gasteiger partial charge is 0.444 e. The average Bonchev–Trinajstić information content (AvgIpc) is 2.92. The van der Waals surface area contributed by atoms with Gasteiger partial charge in [0.05, 0.1) is 5.92 Å². The van der Waals surface area contributed by atoms with Crippen molar-refractivity contribution >= 4 is 23.5 Å². The predicted octanol–water partition coefficient (Wildman–Crippen LogP) is 3.89. The Balaban J connectivity index is 1.72. The molecule has 0 aliphatic carbocycles. The maximum absolute atomic E-state index is 13.2. The standard InChI is InChI=1S/C22H30N2O4/c1-5-16(25)14-18-17-8-6-7-9-19(17)24(20(18)26)15-10-12-23(13-11-15)21(27)28-22(2,3)4/h6-9,15,18H,5,10-14H2,1-4H3. The molecule has 2 amide bonds. The van der Waals surface area contributed by atoms with Crippen LogP contribution in [-0.2, 0) is 14.3 Å². The number of ketones is 1. The van der Waals surface area contributed by atoms with E-state index in [0.29, 0.717) is 32.4 Å². The van der Waals surface area contributed by atoms with E-state index < -0.39 is 5.60 Å². The molecule has 0 aromatic heterocycles. The first-order valence-corrected chi connectivity index (χ1v) is 10.1. The van der Waals surface area contributed by atoms with Crippen LogP contribution in [0, 0.1) is 0 Å². The molecule has 0 bridgehead atoms. The number of amides is 2. The maximum atomic E-state index is 13.2. The second kappa shape index (κ2) is 7.94. The smallest absolute Gasteiger partial charge is 0.410 e. The molecular weight excluding hydrogens is 356 g/mol. The van der Waals surface area contributed by atoms with E-state index >= 15 is 0 Å². The molecule has 1 atom stereocenters. The number of likely N-dealkylation sites (tertiary alicyclic amines) is 1. The third-order valence-electron chi connectivity index (χ3n) is 5.41. The van der Waals surface area contributed by atoms with Gasteiger partial charge in [-0.1, -0.05) is 25.1 Å². The molecule has 0 spiro atoms. The van der Waals surface area contributed by atoms with Crippen molar-refractivity contribution in [3.63, 3.8) is 0 Å². The minimum absolute atomic E-state index is 0.0127. The van der Waals surface area contributed by atoms with Crippen LogP contribution in [0.5, 0.6) is 0 Å². The van der Waals surface area contributed by atoms with Gasteiger partial charge in [0, 0.05) is 37.7 Å². The number of ether oxygens (including phenoxy) is 1. The van der Waals surface area contributed by atoms with Gasteiger partial charge in [0.15, 0.2) is 0 Å². The Morgan fingerprint density at radius 3 is 2.39 bits per heavy atom. The van der Waals surface area contributed by atoms with Crippen molar-refractivity contribution in [2.75, 3.05) is 18.0 Å². The zero-order valence-electron chi connectivity index (χ0n) is 17.2. The molecule has 2 aliphatic rings. The Kier molecular flexibility index (Phi) is 5.77. The fourth-order valence-electron chi connectivity index (χ4n) is 4.00. The molecule has 6 heteroatoms. The second-order valence-corrected chi connectivity index (χ2v) is 8.61. The Bertz CT molecular complexity index is 760. The SMILES string of the molecule is CCC(=O)CC1C(=O)N(C2CCN(C(=O)OC(C)(C)C)CC2)c2ccccc21. The molecule has 1 aromatic rings. The fraction of sp³-hybridized carbons (Fsp3) is 0.591. The molecule has 1 saturated heterocycles. The van der Waals surface area contributed by atoms with Crippen LogP contribution >= 0.6 is 0 Å². The van der Waals surface area contributed by atoms with Crippen LogP contribution in [0.3, 0.4) is 0 Å². The topological polar surface area (TPSA) is 66.9 Å². The van der Waals surface area contributed by atoms with Crippen LogP contribution in [0.1, 0.15) is 64.9 Å². The number of hydrogen-bond donors (Lipinski definition) is 0. The number of anilines is 1. The van der Waals surface area contributed by atoms with Crippen molar-refractivity contribution in [1.29, 1.82) is 0 Å². The van der Waals surface area contributed by atoms with Gasteiger partial charge in [0.25, 0.3) is 0 Å². The summed E-state index contributed by atoms with van der Waals surface area (Å²) in [5.74, 6) is -0.263. The number of Topliss-reactive ketones (excluding diaryl/α,β-unsaturated/α-hetero) is 1. The van der Waals surface area contributed by atoms with Gasteiger partial charge in [0.2, 0.25) is 5.91 Å². The minimum Gasteiger partial charge on any atom is -0.444 e. The lowest BCUT2D eigenvalue weighted by Gasteiger charge is -2.37. The van der Waals surface area contributed by atoms with E-state index in [-0.39, 0.29) is 36.2 Å². The van der Waals surface area contributed by atoms with Crippen molar-refractivity contribution in [3.8, 4) is 0 Å². The first kappa shape index (κ1) is 20.4. The Hall–Kier alpha value is -2.37. The molecule has 0 N–H and O–H groups in total. The third-order valence-corrected chi connectivity index (χ3v) is 5.41. The summed E-state index contributed by atoms with van der Waals surface area (Å²) in [4.78, 5) is 41.1. The van der Waals surface area contributed by atoms with E-state index in [9.17, 15) is 14.4 Å². The summed E-state index contributed by atoms with van der Waals surface area (Å²) >= 11 is 0. The minimum atomic E-state index is -0.517. The second-order valence-electron chi connectivity index (χ2n) is 8.61. The van der Waals surface area contributed by atoms with Gasteiger partial charge in [0.1, 0.15) is 11.4 Å². The quantitative estimate of drug-likeness (QED) is 0.787. The van der Waals surface area contributed by atoms with E-state index in [0.717, 1.165) is 11.3 Å². The summed E-state index contributed by atoms with van der Waals surface area (Å²) in [5, 5.41) is 0. The number of rotatable bonds is 4. The Morgan fingerprint density at radius 2 is 1.79 bits per heavy atom. The number of hydrogen-bond acceptors (Lipinski definition) is 4. The number of nitrogens with zero attached hydrogens (tertiary/aromatic N) is 2. The Morgan fingerprint density at radius 1 is 1.14 bits per heavy atom. The number of benzene rings is 1. The highest BCUT2D eigenvalue weighted by Crippen LogP contribution is 2.42. The number of fused-ring (bicyclic) bond motifs is 1. The van der Waals surface area contributed by atoms with Crippen LogP contribution in [0.4, 0.5) is 10.5 Å². The lowest BCUT2D eigenvalue weighted by Crippen LogP contribution is -2.49. The molecule has 1 aromatic carbocycles. The van der Waals surface area contributed by atoms with Gasteiger partial charge in [-0.3, -0.25) is 9.59 Å². The van der Waals surface area contributed by atoms with Gasteiger partial charge < -0.3 is 14.5 Å². The number of carbonyl (C=O) groups is 3. The average molecular weight is 386 g/mol. The molecule has 3 rings (SSSR count). The van der Waals surface area contributed by atoms with Gasteiger partial charge in [-0.25, -0.2) is 4.79 Å². The molecule has 6 nitrogen and oxygen atoms in total. The van der Waals surface area contributed by atoms with Gasteiger partial charge in [-0.05, 0) is 45.2 Å². The summed E-state index contributed by atoms with van der Waals surface area (Å²) in [6.07, 6.45) is 1.81.